The second-order valence-corrected chi connectivity index (χ2v) is 5.70. The van der Waals surface area contributed by atoms with E-state index < -0.39 is 0 Å². The SMILES string of the molecule is CCCCCCCCc1onc(N)c1-c1ccccc1C. The van der Waals surface area contributed by atoms with Crippen LogP contribution in [0.15, 0.2) is 28.8 Å². The maximum absolute atomic E-state index is 6.01. The van der Waals surface area contributed by atoms with Gasteiger partial charge in [-0.2, -0.15) is 0 Å². The summed E-state index contributed by atoms with van der Waals surface area (Å²) in [7, 11) is 0. The summed E-state index contributed by atoms with van der Waals surface area (Å²) in [5.74, 6) is 1.43. The minimum atomic E-state index is 0.505. The first-order valence-corrected chi connectivity index (χ1v) is 8.04. The molecule has 0 atom stereocenters. The Morgan fingerprint density at radius 2 is 1.76 bits per heavy atom. The number of anilines is 1. The van der Waals surface area contributed by atoms with Crippen LogP contribution in [0.1, 0.15) is 56.8 Å². The van der Waals surface area contributed by atoms with Crippen molar-refractivity contribution in [1.29, 1.82) is 0 Å². The van der Waals surface area contributed by atoms with E-state index >= 15 is 0 Å². The quantitative estimate of drug-likeness (QED) is 0.684. The van der Waals surface area contributed by atoms with Crippen molar-refractivity contribution in [2.24, 2.45) is 0 Å². The van der Waals surface area contributed by atoms with E-state index in [1.165, 1.54) is 37.7 Å². The van der Waals surface area contributed by atoms with E-state index in [2.05, 4.69) is 31.1 Å². The van der Waals surface area contributed by atoms with Gasteiger partial charge in [0.1, 0.15) is 5.76 Å². The molecule has 1 heterocycles. The van der Waals surface area contributed by atoms with Crippen LogP contribution >= 0.6 is 0 Å². The predicted octanol–water partition coefficient (Wildman–Crippen LogP) is 5.14. The maximum atomic E-state index is 6.01. The molecule has 0 radical (unpaired) electrons. The summed E-state index contributed by atoms with van der Waals surface area (Å²) in [5, 5.41) is 3.97. The summed E-state index contributed by atoms with van der Waals surface area (Å²) in [6.07, 6.45) is 8.56. The Morgan fingerprint density at radius 3 is 2.52 bits per heavy atom. The largest absolute Gasteiger partial charge is 0.380 e. The summed E-state index contributed by atoms with van der Waals surface area (Å²) in [6, 6.07) is 8.25. The number of hydrogen-bond acceptors (Lipinski definition) is 3. The van der Waals surface area contributed by atoms with Crippen molar-refractivity contribution in [1.82, 2.24) is 5.16 Å². The number of aromatic nitrogens is 1. The van der Waals surface area contributed by atoms with Gasteiger partial charge in [0.15, 0.2) is 5.82 Å². The molecule has 0 saturated heterocycles. The molecule has 0 aliphatic heterocycles. The summed E-state index contributed by atoms with van der Waals surface area (Å²) < 4.78 is 5.46. The standard InChI is InChI=1S/C18H26N2O/c1-3-4-5-6-7-8-13-16-17(18(19)20-21-16)15-12-10-9-11-14(15)2/h9-12H,3-8,13H2,1-2H3,(H2,19,20). The van der Waals surface area contributed by atoms with Gasteiger partial charge in [-0.15, -0.1) is 0 Å². The minimum Gasteiger partial charge on any atom is -0.380 e. The van der Waals surface area contributed by atoms with Gasteiger partial charge in [-0.1, -0.05) is 68.4 Å². The van der Waals surface area contributed by atoms with E-state index in [1.54, 1.807) is 0 Å². The molecular formula is C18H26N2O. The van der Waals surface area contributed by atoms with Gasteiger partial charge in [0.25, 0.3) is 0 Å². The van der Waals surface area contributed by atoms with Crippen molar-refractivity contribution in [3.63, 3.8) is 0 Å². The minimum absolute atomic E-state index is 0.505. The van der Waals surface area contributed by atoms with Crippen molar-refractivity contribution in [2.75, 3.05) is 5.73 Å². The van der Waals surface area contributed by atoms with Crippen LogP contribution in [0, 0.1) is 6.92 Å². The highest BCUT2D eigenvalue weighted by atomic mass is 16.5. The molecule has 2 aromatic rings. The molecular weight excluding hydrogens is 260 g/mol. The van der Waals surface area contributed by atoms with E-state index in [-0.39, 0.29) is 0 Å². The molecule has 0 aliphatic rings. The van der Waals surface area contributed by atoms with Gasteiger partial charge < -0.3 is 10.3 Å². The number of rotatable bonds is 8. The third-order valence-corrected chi connectivity index (χ3v) is 3.96. The molecule has 0 fully saturated rings. The molecule has 0 spiro atoms. The zero-order valence-electron chi connectivity index (χ0n) is 13.2. The van der Waals surface area contributed by atoms with Crippen LogP contribution in [0.5, 0.6) is 0 Å². The molecule has 114 valence electrons. The molecule has 0 bridgehead atoms. The Morgan fingerprint density at radius 1 is 1.05 bits per heavy atom. The average molecular weight is 286 g/mol. The van der Waals surface area contributed by atoms with E-state index in [9.17, 15) is 0 Å². The molecule has 1 aromatic heterocycles. The molecule has 0 unspecified atom stereocenters. The fraction of sp³-hybridized carbons (Fsp3) is 0.500. The highest BCUT2D eigenvalue weighted by Gasteiger charge is 2.16. The van der Waals surface area contributed by atoms with Crippen LogP contribution in [0.4, 0.5) is 5.82 Å². The van der Waals surface area contributed by atoms with Gasteiger partial charge >= 0.3 is 0 Å². The molecule has 21 heavy (non-hydrogen) atoms. The Balaban J connectivity index is 2.00. The fourth-order valence-electron chi connectivity index (χ4n) is 2.72. The van der Waals surface area contributed by atoms with Crippen molar-refractivity contribution in [2.45, 2.75) is 58.8 Å². The number of aryl methyl sites for hydroxylation is 2. The van der Waals surface area contributed by atoms with E-state index in [0.29, 0.717) is 5.82 Å². The molecule has 0 amide bonds. The third-order valence-electron chi connectivity index (χ3n) is 3.96. The molecule has 0 aliphatic carbocycles. The van der Waals surface area contributed by atoms with Crippen LogP contribution in [0.3, 0.4) is 0 Å². The normalized spacial score (nSPS) is 11.0. The molecule has 0 saturated carbocycles. The zero-order chi connectivity index (χ0) is 15.1. The first kappa shape index (κ1) is 15.6. The zero-order valence-corrected chi connectivity index (χ0v) is 13.2. The lowest BCUT2D eigenvalue weighted by atomic mass is 9.98. The monoisotopic (exact) mass is 286 g/mol. The summed E-state index contributed by atoms with van der Waals surface area (Å²) in [6.45, 7) is 4.34. The number of nitrogens with zero attached hydrogens (tertiary/aromatic N) is 1. The highest BCUT2D eigenvalue weighted by molar-refractivity contribution is 5.77. The Hall–Kier alpha value is -1.77. The van der Waals surface area contributed by atoms with Crippen LogP contribution in [0.2, 0.25) is 0 Å². The Kier molecular flexibility index (Phi) is 5.85. The van der Waals surface area contributed by atoms with Crippen LogP contribution in [0.25, 0.3) is 11.1 Å². The molecule has 3 nitrogen and oxygen atoms in total. The lowest BCUT2D eigenvalue weighted by molar-refractivity contribution is 0.381. The molecule has 3 heteroatoms. The second kappa shape index (κ2) is 7.87. The first-order chi connectivity index (χ1) is 10.2. The van der Waals surface area contributed by atoms with Crippen LogP contribution in [-0.4, -0.2) is 5.16 Å². The van der Waals surface area contributed by atoms with Gasteiger partial charge in [0.05, 0.1) is 5.56 Å². The van der Waals surface area contributed by atoms with Crippen molar-refractivity contribution >= 4 is 5.82 Å². The molecule has 2 N–H and O–H groups in total. The Labute approximate surface area is 127 Å². The van der Waals surface area contributed by atoms with E-state index in [4.69, 9.17) is 10.3 Å². The van der Waals surface area contributed by atoms with Crippen molar-refractivity contribution in [3.05, 3.63) is 35.6 Å². The van der Waals surface area contributed by atoms with Crippen LogP contribution < -0.4 is 5.73 Å². The molecule has 2 rings (SSSR count). The number of nitrogen functional groups attached to an aromatic ring is 1. The van der Waals surface area contributed by atoms with E-state index in [0.717, 1.165) is 29.7 Å². The number of nitrogens with two attached hydrogens (primary N) is 1. The highest BCUT2D eigenvalue weighted by Crippen LogP contribution is 2.32. The smallest absolute Gasteiger partial charge is 0.175 e. The lowest BCUT2D eigenvalue weighted by Gasteiger charge is -2.06. The van der Waals surface area contributed by atoms with Gasteiger partial charge in [0.2, 0.25) is 0 Å². The number of unbranched alkanes of at least 4 members (excludes halogenated alkanes) is 5. The van der Waals surface area contributed by atoms with Gasteiger partial charge in [-0.05, 0) is 24.5 Å². The van der Waals surface area contributed by atoms with Crippen molar-refractivity contribution < 1.29 is 4.52 Å². The van der Waals surface area contributed by atoms with Gasteiger partial charge in [-0.25, -0.2) is 0 Å². The van der Waals surface area contributed by atoms with Gasteiger partial charge in [0, 0.05) is 6.42 Å². The maximum Gasteiger partial charge on any atom is 0.175 e. The van der Waals surface area contributed by atoms with Gasteiger partial charge in [-0.3, -0.25) is 0 Å². The second-order valence-electron chi connectivity index (χ2n) is 5.70. The predicted molar refractivity (Wildman–Crippen MR) is 88.2 cm³/mol. The molecule has 1 aromatic carbocycles. The fourth-order valence-corrected chi connectivity index (χ4v) is 2.72. The topological polar surface area (TPSA) is 52.0 Å². The van der Waals surface area contributed by atoms with Crippen LogP contribution in [-0.2, 0) is 6.42 Å². The lowest BCUT2D eigenvalue weighted by Crippen LogP contribution is -1.93. The summed E-state index contributed by atoms with van der Waals surface area (Å²) >= 11 is 0. The van der Waals surface area contributed by atoms with E-state index in [1.807, 2.05) is 12.1 Å². The first-order valence-electron chi connectivity index (χ1n) is 8.04. The Bertz CT molecular complexity index is 560. The average Bonchev–Trinajstić information content (AvgIpc) is 2.84. The summed E-state index contributed by atoms with van der Waals surface area (Å²) in [4.78, 5) is 0. The summed E-state index contributed by atoms with van der Waals surface area (Å²) in [5.41, 5.74) is 9.34. The number of hydrogen-bond donors (Lipinski definition) is 1. The van der Waals surface area contributed by atoms with Crippen molar-refractivity contribution in [3.8, 4) is 11.1 Å². The third kappa shape index (κ3) is 4.10. The number of benzene rings is 1.